The third-order valence-corrected chi connectivity index (χ3v) is 5.83. The van der Waals surface area contributed by atoms with Crippen LogP contribution in [0, 0.1) is 6.92 Å². The molecule has 1 atom stereocenters. The largest absolute Gasteiger partial charge is 0.340 e. The number of aryl methyl sites for hydroxylation is 1. The van der Waals surface area contributed by atoms with Gasteiger partial charge in [-0.15, -0.1) is 11.3 Å². The lowest BCUT2D eigenvalue weighted by Crippen LogP contribution is -2.42. The van der Waals surface area contributed by atoms with Crippen LogP contribution in [0.1, 0.15) is 34.5 Å². The first-order valence-electron chi connectivity index (χ1n) is 8.15. The number of carbonyl (C=O) groups excluding carboxylic acids is 1. The van der Waals surface area contributed by atoms with Gasteiger partial charge in [-0.05, 0) is 48.4 Å². The van der Waals surface area contributed by atoms with Crippen molar-refractivity contribution >= 4 is 17.2 Å². The summed E-state index contributed by atoms with van der Waals surface area (Å²) in [7, 11) is 1.90. The summed E-state index contributed by atoms with van der Waals surface area (Å²) in [6.07, 6.45) is 1.06. The highest BCUT2D eigenvalue weighted by atomic mass is 32.1. The van der Waals surface area contributed by atoms with Crippen LogP contribution in [0.15, 0.2) is 35.7 Å². The number of benzene rings is 1. The minimum Gasteiger partial charge on any atom is -0.340 e. The number of carbonyl (C=O) groups is 1. The zero-order valence-corrected chi connectivity index (χ0v) is 14.9. The standard InChI is InChI=1S/C19H24N2OS/c1-14-6-4-5-7-16(14)12-20(3)19(22)13-21-10-8-18-17(15(21)2)9-11-23-18/h4-7,9,11,15H,8,10,12-13H2,1-3H3. The molecule has 3 rings (SSSR count). The summed E-state index contributed by atoms with van der Waals surface area (Å²) < 4.78 is 0. The van der Waals surface area contributed by atoms with Crippen molar-refractivity contribution in [2.24, 2.45) is 0 Å². The zero-order chi connectivity index (χ0) is 16.4. The van der Waals surface area contributed by atoms with Crippen LogP contribution in [0.3, 0.4) is 0 Å². The highest BCUT2D eigenvalue weighted by molar-refractivity contribution is 7.10. The molecular formula is C19H24N2OS. The van der Waals surface area contributed by atoms with E-state index in [0.29, 0.717) is 19.1 Å². The molecule has 0 fully saturated rings. The van der Waals surface area contributed by atoms with Gasteiger partial charge in [-0.25, -0.2) is 0 Å². The fraction of sp³-hybridized carbons (Fsp3) is 0.421. The molecule has 2 aromatic rings. The maximum absolute atomic E-state index is 12.6. The number of hydrogen-bond donors (Lipinski definition) is 0. The Morgan fingerprint density at radius 1 is 1.35 bits per heavy atom. The fourth-order valence-electron chi connectivity index (χ4n) is 3.20. The van der Waals surface area contributed by atoms with E-state index >= 15 is 0 Å². The molecule has 1 aromatic heterocycles. The van der Waals surface area contributed by atoms with Gasteiger partial charge >= 0.3 is 0 Å². The van der Waals surface area contributed by atoms with E-state index in [1.165, 1.54) is 21.6 Å². The van der Waals surface area contributed by atoms with Crippen molar-refractivity contribution in [3.05, 3.63) is 57.3 Å². The first-order chi connectivity index (χ1) is 11.1. The van der Waals surface area contributed by atoms with Crippen molar-refractivity contribution in [3.8, 4) is 0 Å². The Hall–Kier alpha value is -1.65. The van der Waals surface area contributed by atoms with Crippen molar-refractivity contribution in [2.45, 2.75) is 32.9 Å². The normalized spacial score (nSPS) is 17.8. The number of amides is 1. The Labute approximate surface area is 142 Å². The summed E-state index contributed by atoms with van der Waals surface area (Å²) in [5.41, 5.74) is 3.85. The van der Waals surface area contributed by atoms with Gasteiger partial charge < -0.3 is 4.90 Å². The molecule has 0 bridgehead atoms. The molecule has 0 N–H and O–H groups in total. The summed E-state index contributed by atoms with van der Waals surface area (Å²) in [5, 5.41) is 2.16. The SMILES string of the molecule is Cc1ccccc1CN(C)C(=O)CN1CCc2sccc2C1C. The molecular weight excluding hydrogens is 304 g/mol. The van der Waals surface area contributed by atoms with E-state index in [2.05, 4.69) is 42.3 Å². The van der Waals surface area contributed by atoms with Crippen molar-refractivity contribution < 1.29 is 4.79 Å². The molecule has 1 aliphatic heterocycles. The second kappa shape index (κ2) is 6.85. The molecule has 0 radical (unpaired) electrons. The first kappa shape index (κ1) is 16.2. The van der Waals surface area contributed by atoms with Crippen LogP contribution in [0.5, 0.6) is 0 Å². The van der Waals surface area contributed by atoms with E-state index < -0.39 is 0 Å². The van der Waals surface area contributed by atoms with E-state index in [1.54, 1.807) is 0 Å². The van der Waals surface area contributed by atoms with Crippen LogP contribution >= 0.6 is 11.3 Å². The minimum absolute atomic E-state index is 0.193. The van der Waals surface area contributed by atoms with Crippen LogP contribution in [0.2, 0.25) is 0 Å². The molecule has 2 heterocycles. The van der Waals surface area contributed by atoms with Gasteiger partial charge in [-0.1, -0.05) is 24.3 Å². The smallest absolute Gasteiger partial charge is 0.236 e. The number of likely N-dealkylation sites (N-methyl/N-ethyl adjacent to an activating group) is 1. The van der Waals surface area contributed by atoms with Gasteiger partial charge in [-0.3, -0.25) is 9.69 Å². The summed E-state index contributed by atoms with van der Waals surface area (Å²) in [6, 6.07) is 10.8. The molecule has 1 aromatic carbocycles. The zero-order valence-electron chi connectivity index (χ0n) is 14.1. The second-order valence-electron chi connectivity index (χ2n) is 6.37. The van der Waals surface area contributed by atoms with E-state index in [0.717, 1.165) is 13.0 Å². The van der Waals surface area contributed by atoms with Gasteiger partial charge in [0.2, 0.25) is 5.91 Å². The Balaban J connectivity index is 1.62. The van der Waals surface area contributed by atoms with Crippen LogP contribution < -0.4 is 0 Å². The predicted molar refractivity (Wildman–Crippen MR) is 95.7 cm³/mol. The van der Waals surface area contributed by atoms with E-state index in [9.17, 15) is 4.79 Å². The van der Waals surface area contributed by atoms with Gasteiger partial charge in [0.25, 0.3) is 0 Å². The van der Waals surface area contributed by atoms with Crippen molar-refractivity contribution in [1.82, 2.24) is 9.80 Å². The number of rotatable bonds is 4. The molecule has 0 saturated carbocycles. The number of hydrogen-bond acceptors (Lipinski definition) is 3. The molecule has 1 amide bonds. The highest BCUT2D eigenvalue weighted by Crippen LogP contribution is 2.32. The molecule has 23 heavy (non-hydrogen) atoms. The maximum Gasteiger partial charge on any atom is 0.236 e. The Kier molecular flexibility index (Phi) is 4.83. The summed E-state index contributed by atoms with van der Waals surface area (Å²) >= 11 is 1.84. The van der Waals surface area contributed by atoms with E-state index in [4.69, 9.17) is 0 Å². The van der Waals surface area contributed by atoms with Crippen LogP contribution in [0.4, 0.5) is 0 Å². The first-order valence-corrected chi connectivity index (χ1v) is 9.03. The molecule has 122 valence electrons. The van der Waals surface area contributed by atoms with Crippen LogP contribution in [-0.4, -0.2) is 35.8 Å². The molecule has 0 spiro atoms. The van der Waals surface area contributed by atoms with Crippen LogP contribution in [0.25, 0.3) is 0 Å². The number of fused-ring (bicyclic) bond motifs is 1. The second-order valence-corrected chi connectivity index (χ2v) is 7.37. The molecule has 0 aliphatic carbocycles. The quantitative estimate of drug-likeness (QED) is 0.855. The summed E-state index contributed by atoms with van der Waals surface area (Å²) in [5.74, 6) is 0.193. The van der Waals surface area contributed by atoms with Crippen molar-refractivity contribution in [2.75, 3.05) is 20.1 Å². The third-order valence-electron chi connectivity index (χ3n) is 4.84. The lowest BCUT2D eigenvalue weighted by Gasteiger charge is -2.34. The maximum atomic E-state index is 12.6. The Morgan fingerprint density at radius 2 is 2.13 bits per heavy atom. The average molecular weight is 328 g/mol. The van der Waals surface area contributed by atoms with Crippen molar-refractivity contribution in [1.29, 1.82) is 0 Å². The highest BCUT2D eigenvalue weighted by Gasteiger charge is 2.27. The third kappa shape index (κ3) is 3.48. The van der Waals surface area contributed by atoms with E-state index in [1.807, 2.05) is 35.4 Å². The Morgan fingerprint density at radius 3 is 2.91 bits per heavy atom. The van der Waals surface area contributed by atoms with E-state index in [-0.39, 0.29) is 5.91 Å². The summed E-state index contributed by atoms with van der Waals surface area (Å²) in [4.78, 5) is 18.2. The monoisotopic (exact) mass is 328 g/mol. The molecule has 1 aliphatic rings. The Bertz CT molecular complexity index is 694. The predicted octanol–water partition coefficient (Wildman–Crippen LogP) is 3.63. The lowest BCUT2D eigenvalue weighted by atomic mass is 10.0. The fourth-order valence-corrected chi connectivity index (χ4v) is 4.17. The van der Waals surface area contributed by atoms with Crippen molar-refractivity contribution in [3.63, 3.8) is 0 Å². The molecule has 3 nitrogen and oxygen atoms in total. The molecule has 0 saturated heterocycles. The van der Waals surface area contributed by atoms with Gasteiger partial charge in [0.15, 0.2) is 0 Å². The topological polar surface area (TPSA) is 23.6 Å². The number of thiophene rings is 1. The van der Waals surface area contributed by atoms with Gasteiger partial charge in [0, 0.05) is 31.1 Å². The lowest BCUT2D eigenvalue weighted by molar-refractivity contribution is -0.132. The molecule has 4 heteroatoms. The minimum atomic E-state index is 0.193. The average Bonchev–Trinajstić information content (AvgIpc) is 3.01. The molecule has 1 unspecified atom stereocenters. The van der Waals surface area contributed by atoms with Gasteiger partial charge in [0.1, 0.15) is 0 Å². The van der Waals surface area contributed by atoms with Gasteiger partial charge in [-0.2, -0.15) is 0 Å². The van der Waals surface area contributed by atoms with Gasteiger partial charge in [0.05, 0.1) is 6.54 Å². The number of nitrogens with zero attached hydrogens (tertiary/aromatic N) is 2. The summed E-state index contributed by atoms with van der Waals surface area (Å²) in [6.45, 7) is 6.45. The van der Waals surface area contributed by atoms with Crippen LogP contribution in [-0.2, 0) is 17.8 Å².